The Labute approximate surface area is 194 Å². The lowest BCUT2D eigenvalue weighted by atomic mass is 9.97. The number of esters is 1. The molecule has 8 nitrogen and oxygen atoms in total. The fourth-order valence-electron chi connectivity index (χ4n) is 4.26. The SMILES string of the molecule is Cn1c(=O)c2sccc2n2c(COC(=O)c3ccccc3NCCC3=CCCCC3)nnc12. The number of nitrogens with one attached hydrogen (secondary N) is 1. The van der Waals surface area contributed by atoms with Crippen LogP contribution in [0.25, 0.3) is 16.0 Å². The lowest BCUT2D eigenvalue weighted by Crippen LogP contribution is -2.19. The van der Waals surface area contributed by atoms with Gasteiger partial charge in [-0.25, -0.2) is 4.79 Å². The number of aromatic nitrogens is 4. The number of nitrogens with zero attached hydrogens (tertiary/aromatic N) is 4. The topological polar surface area (TPSA) is 90.5 Å². The number of carbonyl (C=O) groups is 1. The minimum atomic E-state index is -0.432. The number of allylic oxidation sites excluding steroid dienone is 1. The summed E-state index contributed by atoms with van der Waals surface area (Å²) in [4.78, 5) is 25.4. The van der Waals surface area contributed by atoms with E-state index < -0.39 is 5.97 Å². The first-order valence-electron chi connectivity index (χ1n) is 11.1. The first-order chi connectivity index (χ1) is 16.1. The van der Waals surface area contributed by atoms with Crippen LogP contribution in [0.3, 0.4) is 0 Å². The number of para-hydroxylation sites is 1. The third kappa shape index (κ3) is 4.16. The maximum Gasteiger partial charge on any atom is 0.340 e. The number of anilines is 1. The van der Waals surface area contributed by atoms with Crippen molar-refractivity contribution in [3.8, 4) is 0 Å². The van der Waals surface area contributed by atoms with Gasteiger partial charge in [-0.2, -0.15) is 0 Å². The molecule has 0 fully saturated rings. The minimum absolute atomic E-state index is 0.0512. The predicted molar refractivity (Wildman–Crippen MR) is 129 cm³/mol. The Morgan fingerprint density at radius 1 is 1.21 bits per heavy atom. The van der Waals surface area contributed by atoms with Crippen molar-refractivity contribution in [1.82, 2.24) is 19.2 Å². The zero-order chi connectivity index (χ0) is 22.8. The minimum Gasteiger partial charge on any atom is -0.454 e. The van der Waals surface area contributed by atoms with Gasteiger partial charge in [-0.05, 0) is 55.7 Å². The van der Waals surface area contributed by atoms with Crippen LogP contribution in [0.1, 0.15) is 48.3 Å². The Morgan fingerprint density at radius 2 is 2.09 bits per heavy atom. The molecule has 0 unspecified atom stereocenters. The van der Waals surface area contributed by atoms with E-state index in [-0.39, 0.29) is 12.2 Å². The lowest BCUT2D eigenvalue weighted by Gasteiger charge is -2.15. The first-order valence-corrected chi connectivity index (χ1v) is 12.0. The largest absolute Gasteiger partial charge is 0.454 e. The molecule has 33 heavy (non-hydrogen) atoms. The van der Waals surface area contributed by atoms with Gasteiger partial charge in [0.25, 0.3) is 5.56 Å². The van der Waals surface area contributed by atoms with Crippen molar-refractivity contribution in [2.75, 3.05) is 11.9 Å². The molecule has 1 aliphatic carbocycles. The highest BCUT2D eigenvalue weighted by Crippen LogP contribution is 2.22. The molecule has 3 aromatic heterocycles. The zero-order valence-corrected chi connectivity index (χ0v) is 19.2. The number of hydrogen-bond acceptors (Lipinski definition) is 7. The van der Waals surface area contributed by atoms with Crippen molar-refractivity contribution in [1.29, 1.82) is 0 Å². The van der Waals surface area contributed by atoms with Crippen LogP contribution < -0.4 is 10.9 Å². The summed E-state index contributed by atoms with van der Waals surface area (Å²) < 4.78 is 9.45. The van der Waals surface area contributed by atoms with Gasteiger partial charge in [-0.1, -0.05) is 23.8 Å². The molecule has 1 aliphatic rings. The average molecular weight is 464 g/mol. The number of rotatable bonds is 7. The van der Waals surface area contributed by atoms with Gasteiger partial charge >= 0.3 is 5.97 Å². The Hall–Kier alpha value is -3.46. The molecule has 0 spiro atoms. The molecule has 0 radical (unpaired) electrons. The molecule has 0 aliphatic heterocycles. The molecule has 0 saturated carbocycles. The third-order valence-electron chi connectivity index (χ3n) is 6.02. The van der Waals surface area contributed by atoms with Gasteiger partial charge in [0.05, 0.1) is 11.1 Å². The van der Waals surface area contributed by atoms with Gasteiger partial charge in [0.2, 0.25) is 5.78 Å². The van der Waals surface area contributed by atoms with E-state index in [0.717, 1.165) is 18.7 Å². The Bertz CT molecular complexity index is 1410. The second-order valence-corrected chi connectivity index (χ2v) is 9.07. The summed E-state index contributed by atoms with van der Waals surface area (Å²) in [6.45, 7) is 0.722. The summed E-state index contributed by atoms with van der Waals surface area (Å²) in [6.07, 6.45) is 8.19. The number of fused-ring (bicyclic) bond motifs is 3. The molecule has 0 saturated heterocycles. The number of ether oxygens (including phenoxy) is 1. The molecular formula is C24H25N5O3S. The van der Waals surface area contributed by atoms with E-state index in [2.05, 4.69) is 21.6 Å². The standard InChI is InChI=1S/C24H25N5O3S/c1-28-22(30)21-19(12-14-33-21)29-20(26-27-24(28)29)15-32-23(31)17-9-5-6-10-18(17)25-13-11-16-7-3-2-4-8-16/h5-7,9-10,12,14,25H,2-4,8,11,13,15H2,1H3. The van der Waals surface area contributed by atoms with Crippen molar-refractivity contribution in [2.24, 2.45) is 7.05 Å². The predicted octanol–water partition coefficient (Wildman–Crippen LogP) is 4.30. The maximum absolute atomic E-state index is 12.9. The smallest absolute Gasteiger partial charge is 0.340 e. The van der Waals surface area contributed by atoms with Crippen molar-refractivity contribution < 1.29 is 9.53 Å². The van der Waals surface area contributed by atoms with Crippen LogP contribution in [-0.4, -0.2) is 31.7 Å². The average Bonchev–Trinajstić information content (AvgIpc) is 3.49. The van der Waals surface area contributed by atoms with E-state index in [4.69, 9.17) is 4.74 Å². The normalized spacial score (nSPS) is 13.9. The van der Waals surface area contributed by atoms with Crippen LogP contribution in [0.15, 0.2) is 52.2 Å². The van der Waals surface area contributed by atoms with Gasteiger partial charge in [0.1, 0.15) is 4.70 Å². The zero-order valence-electron chi connectivity index (χ0n) is 18.4. The monoisotopic (exact) mass is 463 g/mol. The Morgan fingerprint density at radius 3 is 2.94 bits per heavy atom. The van der Waals surface area contributed by atoms with Crippen LogP contribution in [0.2, 0.25) is 0 Å². The fraction of sp³-hybridized carbons (Fsp3) is 0.333. The maximum atomic E-state index is 12.9. The van der Waals surface area contributed by atoms with Crippen LogP contribution in [0.5, 0.6) is 0 Å². The second kappa shape index (κ2) is 9.19. The van der Waals surface area contributed by atoms with E-state index >= 15 is 0 Å². The molecular weight excluding hydrogens is 438 g/mol. The van der Waals surface area contributed by atoms with Crippen molar-refractivity contribution in [2.45, 2.75) is 38.7 Å². The third-order valence-corrected chi connectivity index (χ3v) is 6.91. The van der Waals surface area contributed by atoms with Crippen molar-refractivity contribution in [3.63, 3.8) is 0 Å². The van der Waals surface area contributed by atoms with Gasteiger partial charge in [0.15, 0.2) is 12.4 Å². The molecule has 5 rings (SSSR count). The van der Waals surface area contributed by atoms with Crippen LogP contribution in [0, 0.1) is 0 Å². The molecule has 170 valence electrons. The molecule has 1 aromatic carbocycles. The summed E-state index contributed by atoms with van der Waals surface area (Å²) in [5.74, 6) is 0.446. The molecule has 3 heterocycles. The fourth-order valence-corrected chi connectivity index (χ4v) is 5.11. The number of aryl methyl sites for hydroxylation is 1. The number of benzene rings is 1. The van der Waals surface area contributed by atoms with Gasteiger partial charge in [0, 0.05) is 19.3 Å². The van der Waals surface area contributed by atoms with Gasteiger partial charge in [-0.15, -0.1) is 21.5 Å². The summed E-state index contributed by atoms with van der Waals surface area (Å²) in [7, 11) is 1.66. The second-order valence-electron chi connectivity index (χ2n) is 8.16. The molecule has 0 bridgehead atoms. The molecule has 4 aromatic rings. The van der Waals surface area contributed by atoms with Crippen LogP contribution in [-0.2, 0) is 18.4 Å². The summed E-state index contributed by atoms with van der Waals surface area (Å²) >= 11 is 1.37. The highest BCUT2D eigenvalue weighted by atomic mass is 32.1. The van der Waals surface area contributed by atoms with Crippen LogP contribution in [0.4, 0.5) is 5.69 Å². The van der Waals surface area contributed by atoms with Crippen molar-refractivity contribution in [3.05, 3.63) is 69.1 Å². The van der Waals surface area contributed by atoms with E-state index in [1.165, 1.54) is 47.2 Å². The van der Waals surface area contributed by atoms with Gasteiger partial charge < -0.3 is 10.1 Å². The summed E-state index contributed by atoms with van der Waals surface area (Å²) in [5, 5.41) is 13.5. The quantitative estimate of drug-likeness (QED) is 0.325. The summed E-state index contributed by atoms with van der Waals surface area (Å²) in [6, 6.07) is 9.22. The molecule has 9 heteroatoms. The molecule has 0 atom stereocenters. The van der Waals surface area contributed by atoms with E-state index in [0.29, 0.717) is 27.4 Å². The molecule has 0 amide bonds. The van der Waals surface area contributed by atoms with Gasteiger partial charge in [-0.3, -0.25) is 13.8 Å². The Kier molecular flexibility index (Phi) is 5.95. The summed E-state index contributed by atoms with van der Waals surface area (Å²) in [5.41, 5.74) is 3.33. The van der Waals surface area contributed by atoms with E-state index in [1.54, 1.807) is 17.5 Å². The number of thiophene rings is 1. The number of carbonyl (C=O) groups excluding carboxylic acids is 1. The Balaban J connectivity index is 1.31. The highest BCUT2D eigenvalue weighted by Gasteiger charge is 2.18. The first kappa shape index (κ1) is 21.4. The highest BCUT2D eigenvalue weighted by molar-refractivity contribution is 7.17. The lowest BCUT2D eigenvalue weighted by molar-refractivity contribution is 0.0462. The molecule has 1 N–H and O–H groups in total. The van der Waals surface area contributed by atoms with E-state index in [1.807, 2.05) is 29.6 Å². The van der Waals surface area contributed by atoms with Crippen molar-refractivity contribution >= 4 is 39.0 Å². The van der Waals surface area contributed by atoms with E-state index in [9.17, 15) is 9.59 Å². The van der Waals surface area contributed by atoms with Crippen LogP contribution >= 0.6 is 11.3 Å². The number of hydrogen-bond donors (Lipinski definition) is 1.